The summed E-state index contributed by atoms with van der Waals surface area (Å²) in [6.45, 7) is 0. The van der Waals surface area contributed by atoms with Gasteiger partial charge in [-0.25, -0.2) is 9.78 Å². The highest BCUT2D eigenvalue weighted by Gasteiger charge is 2.11. The van der Waals surface area contributed by atoms with Crippen LogP contribution in [0.4, 0.5) is 5.95 Å². The Morgan fingerprint density at radius 3 is 2.81 bits per heavy atom. The van der Waals surface area contributed by atoms with E-state index < -0.39 is 5.97 Å². The summed E-state index contributed by atoms with van der Waals surface area (Å²) in [6.07, 6.45) is 1.53. The number of rotatable bonds is 2. The van der Waals surface area contributed by atoms with Crippen molar-refractivity contribution in [3.63, 3.8) is 0 Å². The van der Waals surface area contributed by atoms with E-state index in [9.17, 15) is 4.79 Å². The standard InChI is InChI=1S/C10H8ClN3O2/c11-7-2-1-5(3-6(7)9(15)16)8-4-13-10(12)14-8/h1-4H,(H,15,16)(H3,12,13,14). The lowest BCUT2D eigenvalue weighted by molar-refractivity contribution is 0.0697. The van der Waals surface area contributed by atoms with Gasteiger partial charge in [0.2, 0.25) is 0 Å². The molecule has 6 heteroatoms. The van der Waals surface area contributed by atoms with Gasteiger partial charge < -0.3 is 15.8 Å². The van der Waals surface area contributed by atoms with Gasteiger partial charge in [0.05, 0.1) is 22.5 Å². The number of nitrogens with one attached hydrogen (secondary N) is 1. The third-order valence-corrected chi connectivity index (χ3v) is 2.43. The molecule has 82 valence electrons. The first-order valence-corrected chi connectivity index (χ1v) is 4.79. The largest absolute Gasteiger partial charge is 0.478 e. The second-order valence-electron chi connectivity index (χ2n) is 3.18. The van der Waals surface area contributed by atoms with Crippen LogP contribution in [0.25, 0.3) is 11.3 Å². The number of carbonyl (C=O) groups is 1. The number of nitrogens with zero attached hydrogens (tertiary/aromatic N) is 1. The van der Waals surface area contributed by atoms with Gasteiger partial charge in [0.15, 0.2) is 5.95 Å². The number of carboxylic acid groups (broad SMARTS) is 1. The fourth-order valence-electron chi connectivity index (χ4n) is 1.34. The van der Waals surface area contributed by atoms with Crippen LogP contribution in [-0.2, 0) is 0 Å². The smallest absolute Gasteiger partial charge is 0.337 e. The molecule has 0 spiro atoms. The summed E-state index contributed by atoms with van der Waals surface area (Å²) in [4.78, 5) is 17.5. The fraction of sp³-hybridized carbons (Fsp3) is 0. The molecule has 0 unspecified atom stereocenters. The van der Waals surface area contributed by atoms with Crippen LogP contribution >= 0.6 is 11.6 Å². The first kappa shape index (κ1) is 10.5. The number of nitrogen functional groups attached to an aromatic ring is 1. The number of anilines is 1. The molecule has 0 fully saturated rings. The van der Waals surface area contributed by atoms with Gasteiger partial charge >= 0.3 is 5.97 Å². The van der Waals surface area contributed by atoms with Gasteiger partial charge in [0.25, 0.3) is 0 Å². The van der Waals surface area contributed by atoms with Crippen molar-refractivity contribution in [1.29, 1.82) is 0 Å². The molecule has 0 bridgehead atoms. The second kappa shape index (κ2) is 3.86. The highest BCUT2D eigenvalue weighted by molar-refractivity contribution is 6.33. The number of H-pyrrole nitrogens is 1. The van der Waals surface area contributed by atoms with E-state index >= 15 is 0 Å². The third-order valence-electron chi connectivity index (χ3n) is 2.10. The predicted octanol–water partition coefficient (Wildman–Crippen LogP) is 2.01. The van der Waals surface area contributed by atoms with Crippen molar-refractivity contribution in [2.45, 2.75) is 0 Å². The Hall–Kier alpha value is -2.01. The van der Waals surface area contributed by atoms with E-state index in [1.165, 1.54) is 18.3 Å². The maximum atomic E-state index is 10.9. The minimum absolute atomic E-state index is 0.0485. The summed E-state index contributed by atoms with van der Waals surface area (Å²) in [5.74, 6) is -0.791. The molecule has 2 rings (SSSR count). The number of aromatic amines is 1. The normalized spacial score (nSPS) is 10.3. The van der Waals surface area contributed by atoms with Crippen molar-refractivity contribution >= 4 is 23.5 Å². The van der Waals surface area contributed by atoms with Gasteiger partial charge in [-0.05, 0) is 12.1 Å². The quantitative estimate of drug-likeness (QED) is 0.745. The molecule has 0 aliphatic carbocycles. The van der Waals surface area contributed by atoms with Crippen molar-refractivity contribution in [3.05, 3.63) is 35.0 Å². The topological polar surface area (TPSA) is 92.0 Å². The molecule has 2 aromatic rings. The van der Waals surface area contributed by atoms with E-state index in [4.69, 9.17) is 22.4 Å². The van der Waals surface area contributed by atoms with Crippen molar-refractivity contribution in [3.8, 4) is 11.3 Å². The molecule has 5 nitrogen and oxygen atoms in total. The molecule has 0 atom stereocenters. The molecule has 0 aliphatic rings. The summed E-state index contributed by atoms with van der Waals surface area (Å²) in [5, 5.41) is 9.11. The predicted molar refractivity (Wildman–Crippen MR) is 60.4 cm³/mol. The SMILES string of the molecule is Nc1ncc(-c2ccc(Cl)c(C(=O)O)c2)[nH]1. The van der Waals surface area contributed by atoms with E-state index in [0.29, 0.717) is 11.3 Å². The van der Waals surface area contributed by atoms with Gasteiger partial charge in [-0.1, -0.05) is 17.7 Å². The molecule has 1 heterocycles. The maximum absolute atomic E-state index is 10.9. The van der Waals surface area contributed by atoms with Crippen molar-refractivity contribution < 1.29 is 9.90 Å². The number of aromatic nitrogens is 2. The Morgan fingerprint density at radius 2 is 2.25 bits per heavy atom. The van der Waals surface area contributed by atoms with Crippen LogP contribution in [0.15, 0.2) is 24.4 Å². The van der Waals surface area contributed by atoms with Crippen molar-refractivity contribution in [2.24, 2.45) is 0 Å². The number of hydrogen-bond acceptors (Lipinski definition) is 3. The van der Waals surface area contributed by atoms with Gasteiger partial charge in [-0.15, -0.1) is 0 Å². The second-order valence-corrected chi connectivity index (χ2v) is 3.59. The van der Waals surface area contributed by atoms with Crippen molar-refractivity contribution in [1.82, 2.24) is 9.97 Å². The molecule has 1 aromatic carbocycles. The average Bonchev–Trinajstić information content (AvgIpc) is 2.65. The van der Waals surface area contributed by atoms with Crippen LogP contribution in [0.1, 0.15) is 10.4 Å². The monoisotopic (exact) mass is 237 g/mol. The first-order chi connectivity index (χ1) is 7.58. The van der Waals surface area contributed by atoms with Gasteiger partial charge in [0, 0.05) is 5.56 Å². The zero-order valence-electron chi connectivity index (χ0n) is 8.07. The summed E-state index contributed by atoms with van der Waals surface area (Å²) in [6, 6.07) is 4.69. The maximum Gasteiger partial charge on any atom is 0.337 e. The first-order valence-electron chi connectivity index (χ1n) is 4.41. The van der Waals surface area contributed by atoms with Crippen LogP contribution in [0.3, 0.4) is 0 Å². The zero-order chi connectivity index (χ0) is 11.7. The molecule has 0 aliphatic heterocycles. The van der Waals surface area contributed by atoms with E-state index in [2.05, 4.69) is 9.97 Å². The number of imidazole rings is 1. The van der Waals surface area contributed by atoms with Crippen LogP contribution in [-0.4, -0.2) is 21.0 Å². The van der Waals surface area contributed by atoms with Gasteiger partial charge in [-0.2, -0.15) is 0 Å². The molecule has 0 amide bonds. The van der Waals surface area contributed by atoms with E-state index in [1.54, 1.807) is 6.07 Å². The van der Waals surface area contributed by atoms with Gasteiger partial charge in [-0.3, -0.25) is 0 Å². The Labute approximate surface area is 95.9 Å². The lowest BCUT2D eigenvalue weighted by atomic mass is 10.1. The molecule has 0 radical (unpaired) electrons. The molecule has 0 saturated heterocycles. The van der Waals surface area contributed by atoms with E-state index in [0.717, 1.165) is 0 Å². The average molecular weight is 238 g/mol. The highest BCUT2D eigenvalue weighted by atomic mass is 35.5. The summed E-state index contributed by atoms with van der Waals surface area (Å²) in [7, 11) is 0. The Morgan fingerprint density at radius 1 is 1.50 bits per heavy atom. The Kier molecular flexibility index (Phi) is 2.54. The minimum atomic E-state index is -1.07. The molecule has 0 saturated carbocycles. The number of benzene rings is 1. The third kappa shape index (κ3) is 1.85. The Bertz CT molecular complexity index is 551. The van der Waals surface area contributed by atoms with Crippen LogP contribution < -0.4 is 5.73 Å². The van der Waals surface area contributed by atoms with E-state index in [-0.39, 0.29) is 16.5 Å². The van der Waals surface area contributed by atoms with Crippen LogP contribution in [0.5, 0.6) is 0 Å². The molecular formula is C10H8ClN3O2. The fourth-order valence-corrected chi connectivity index (χ4v) is 1.54. The molecule has 4 N–H and O–H groups in total. The van der Waals surface area contributed by atoms with Crippen molar-refractivity contribution in [2.75, 3.05) is 5.73 Å². The Balaban J connectivity index is 2.51. The lowest BCUT2D eigenvalue weighted by Crippen LogP contribution is -1.97. The summed E-state index contributed by atoms with van der Waals surface area (Å²) >= 11 is 5.75. The van der Waals surface area contributed by atoms with E-state index in [1.807, 2.05) is 0 Å². The minimum Gasteiger partial charge on any atom is -0.478 e. The van der Waals surface area contributed by atoms with Crippen LogP contribution in [0, 0.1) is 0 Å². The van der Waals surface area contributed by atoms with Crippen LogP contribution in [0.2, 0.25) is 5.02 Å². The molecule has 16 heavy (non-hydrogen) atoms. The zero-order valence-corrected chi connectivity index (χ0v) is 8.82. The summed E-state index contributed by atoms with van der Waals surface area (Å²) < 4.78 is 0. The number of halogens is 1. The number of aromatic carboxylic acids is 1. The number of nitrogens with two attached hydrogens (primary N) is 1. The summed E-state index contributed by atoms with van der Waals surface area (Å²) in [5.41, 5.74) is 6.81. The lowest BCUT2D eigenvalue weighted by Gasteiger charge is -2.02. The molecular weight excluding hydrogens is 230 g/mol. The number of hydrogen-bond donors (Lipinski definition) is 3. The molecule has 1 aromatic heterocycles. The van der Waals surface area contributed by atoms with Gasteiger partial charge in [0.1, 0.15) is 0 Å². The highest BCUT2D eigenvalue weighted by Crippen LogP contribution is 2.24. The number of carboxylic acids is 1.